The van der Waals surface area contributed by atoms with E-state index in [1.165, 1.54) is 12.1 Å². The van der Waals surface area contributed by atoms with Gasteiger partial charge < -0.3 is 5.73 Å². The van der Waals surface area contributed by atoms with E-state index in [9.17, 15) is 4.39 Å². The van der Waals surface area contributed by atoms with Crippen molar-refractivity contribution in [2.45, 2.75) is 32.4 Å². The predicted octanol–water partition coefficient (Wildman–Crippen LogP) is 3.86. The van der Waals surface area contributed by atoms with Crippen LogP contribution in [0.1, 0.15) is 31.9 Å². The molecule has 1 aromatic carbocycles. The van der Waals surface area contributed by atoms with E-state index >= 15 is 0 Å². The summed E-state index contributed by atoms with van der Waals surface area (Å²) in [5, 5.41) is 0.582. The Labute approximate surface area is 123 Å². The van der Waals surface area contributed by atoms with Gasteiger partial charge in [0.05, 0.1) is 5.02 Å². The van der Waals surface area contributed by atoms with E-state index in [4.69, 9.17) is 28.9 Å². The van der Waals surface area contributed by atoms with Crippen molar-refractivity contribution in [2.24, 2.45) is 11.7 Å². The van der Waals surface area contributed by atoms with Crippen LogP contribution in [-0.4, -0.2) is 24.0 Å². The summed E-state index contributed by atoms with van der Waals surface area (Å²) >= 11 is 11.9. The Kier molecular flexibility index (Phi) is 4.72. The summed E-state index contributed by atoms with van der Waals surface area (Å²) in [6.07, 6.45) is 1.08. The van der Waals surface area contributed by atoms with Gasteiger partial charge in [-0.15, -0.1) is 0 Å². The van der Waals surface area contributed by atoms with Gasteiger partial charge in [0, 0.05) is 23.7 Å². The number of likely N-dealkylation sites (tertiary alicyclic amines) is 1. The molecule has 2 N–H and O–H groups in total. The monoisotopic (exact) mass is 304 g/mol. The first-order chi connectivity index (χ1) is 8.90. The van der Waals surface area contributed by atoms with Crippen molar-refractivity contribution in [2.75, 3.05) is 13.1 Å². The number of nitrogens with zero attached hydrogens (tertiary/aromatic N) is 1. The third kappa shape index (κ3) is 3.22. The molecule has 1 aliphatic heterocycles. The molecule has 106 valence electrons. The standard InChI is InChI=1S/C14H19Cl2FN2/c1-8(18)10-3-4-19(7-10)9(2)11-5-14(17)13(16)6-12(11)15/h5-6,8-10H,3-4,7,18H2,1-2H3. The molecular formula is C14H19Cl2FN2. The maximum Gasteiger partial charge on any atom is 0.142 e. The lowest BCUT2D eigenvalue weighted by Crippen LogP contribution is -2.31. The van der Waals surface area contributed by atoms with Crippen LogP contribution in [0.4, 0.5) is 4.39 Å². The molecule has 3 unspecified atom stereocenters. The summed E-state index contributed by atoms with van der Waals surface area (Å²) in [5.74, 6) is 0.0780. The second-order valence-corrected chi connectivity index (χ2v) is 6.18. The molecule has 0 aliphatic carbocycles. The number of nitrogens with two attached hydrogens (primary N) is 1. The molecule has 0 aromatic heterocycles. The van der Waals surface area contributed by atoms with E-state index < -0.39 is 5.82 Å². The zero-order valence-corrected chi connectivity index (χ0v) is 12.7. The van der Waals surface area contributed by atoms with Gasteiger partial charge in [-0.25, -0.2) is 4.39 Å². The first-order valence-electron chi connectivity index (χ1n) is 6.54. The van der Waals surface area contributed by atoms with Gasteiger partial charge in [0.2, 0.25) is 0 Å². The Balaban J connectivity index is 2.17. The van der Waals surface area contributed by atoms with E-state index in [2.05, 4.69) is 4.90 Å². The highest BCUT2D eigenvalue weighted by Crippen LogP contribution is 2.34. The van der Waals surface area contributed by atoms with Crippen molar-refractivity contribution in [3.05, 3.63) is 33.6 Å². The minimum Gasteiger partial charge on any atom is -0.328 e. The van der Waals surface area contributed by atoms with E-state index in [0.717, 1.165) is 25.1 Å². The lowest BCUT2D eigenvalue weighted by atomic mass is 10.0. The van der Waals surface area contributed by atoms with Crippen molar-refractivity contribution >= 4 is 23.2 Å². The Bertz CT molecular complexity index is 465. The van der Waals surface area contributed by atoms with Gasteiger partial charge in [0.15, 0.2) is 0 Å². The molecule has 1 saturated heterocycles. The predicted molar refractivity (Wildman–Crippen MR) is 78.2 cm³/mol. The SMILES string of the molecule is CC(N)C1CCN(C(C)c2cc(F)c(Cl)cc2Cl)C1. The number of hydrogen-bond donors (Lipinski definition) is 1. The molecule has 0 radical (unpaired) electrons. The lowest BCUT2D eigenvalue weighted by molar-refractivity contribution is 0.248. The zero-order chi connectivity index (χ0) is 14.2. The van der Waals surface area contributed by atoms with Crippen molar-refractivity contribution in [1.29, 1.82) is 0 Å². The highest BCUT2D eigenvalue weighted by atomic mass is 35.5. The minimum atomic E-state index is -0.421. The van der Waals surface area contributed by atoms with Gasteiger partial charge in [-0.3, -0.25) is 4.90 Å². The fourth-order valence-electron chi connectivity index (χ4n) is 2.65. The summed E-state index contributed by atoms with van der Waals surface area (Å²) in [4.78, 5) is 2.29. The van der Waals surface area contributed by atoms with E-state index in [1.54, 1.807) is 0 Å². The molecule has 1 heterocycles. The first kappa shape index (κ1) is 15.0. The molecule has 3 atom stereocenters. The quantitative estimate of drug-likeness (QED) is 0.859. The third-order valence-corrected chi connectivity index (χ3v) is 4.65. The molecule has 5 heteroatoms. The average Bonchev–Trinajstić information content (AvgIpc) is 2.82. The van der Waals surface area contributed by atoms with E-state index in [0.29, 0.717) is 10.9 Å². The fourth-order valence-corrected chi connectivity index (χ4v) is 3.19. The molecule has 1 aliphatic rings. The fraction of sp³-hybridized carbons (Fsp3) is 0.571. The average molecular weight is 305 g/mol. The number of rotatable bonds is 3. The van der Waals surface area contributed by atoms with Crippen LogP contribution in [0.2, 0.25) is 10.0 Å². The van der Waals surface area contributed by atoms with E-state index in [1.807, 2.05) is 13.8 Å². The van der Waals surface area contributed by atoms with Gasteiger partial charge in [-0.05, 0) is 50.4 Å². The third-order valence-electron chi connectivity index (χ3n) is 4.04. The minimum absolute atomic E-state index is 0.0656. The van der Waals surface area contributed by atoms with Gasteiger partial charge in [0.1, 0.15) is 5.82 Å². The lowest BCUT2D eigenvalue weighted by Gasteiger charge is -2.26. The molecule has 1 fully saturated rings. The second-order valence-electron chi connectivity index (χ2n) is 5.37. The Morgan fingerprint density at radius 2 is 2.00 bits per heavy atom. The Morgan fingerprint density at radius 3 is 2.58 bits per heavy atom. The highest BCUT2D eigenvalue weighted by molar-refractivity contribution is 6.35. The van der Waals surface area contributed by atoms with Gasteiger partial charge >= 0.3 is 0 Å². The van der Waals surface area contributed by atoms with Crippen molar-refractivity contribution in [3.8, 4) is 0 Å². The Morgan fingerprint density at radius 1 is 1.32 bits per heavy atom. The van der Waals surface area contributed by atoms with Crippen LogP contribution in [0.5, 0.6) is 0 Å². The second kappa shape index (κ2) is 5.96. The van der Waals surface area contributed by atoms with Crippen molar-refractivity contribution in [3.63, 3.8) is 0 Å². The van der Waals surface area contributed by atoms with Crippen LogP contribution < -0.4 is 5.73 Å². The summed E-state index contributed by atoms with van der Waals surface area (Å²) in [6.45, 7) is 5.97. The number of halogens is 3. The highest BCUT2D eigenvalue weighted by Gasteiger charge is 2.29. The van der Waals surface area contributed by atoms with Gasteiger partial charge in [-0.1, -0.05) is 23.2 Å². The molecular weight excluding hydrogens is 286 g/mol. The maximum atomic E-state index is 13.6. The molecule has 0 amide bonds. The van der Waals surface area contributed by atoms with Crippen LogP contribution >= 0.6 is 23.2 Å². The first-order valence-corrected chi connectivity index (χ1v) is 7.29. The van der Waals surface area contributed by atoms with Crippen LogP contribution in [0.25, 0.3) is 0 Å². The van der Waals surface area contributed by atoms with Crippen molar-refractivity contribution < 1.29 is 4.39 Å². The summed E-state index contributed by atoms with van der Waals surface area (Å²) in [6, 6.07) is 3.18. The molecule has 0 spiro atoms. The summed E-state index contributed by atoms with van der Waals surface area (Å²) < 4.78 is 13.6. The normalized spacial score (nSPS) is 23.6. The Hall–Kier alpha value is -0.350. The largest absolute Gasteiger partial charge is 0.328 e. The topological polar surface area (TPSA) is 29.3 Å². The van der Waals surface area contributed by atoms with Crippen LogP contribution in [0.3, 0.4) is 0 Å². The molecule has 0 bridgehead atoms. The maximum absolute atomic E-state index is 13.6. The van der Waals surface area contributed by atoms with Crippen LogP contribution in [0.15, 0.2) is 12.1 Å². The summed E-state index contributed by atoms with van der Waals surface area (Å²) in [5.41, 5.74) is 6.73. The van der Waals surface area contributed by atoms with Gasteiger partial charge in [0.25, 0.3) is 0 Å². The summed E-state index contributed by atoms with van der Waals surface area (Å²) in [7, 11) is 0. The molecule has 0 saturated carbocycles. The zero-order valence-electron chi connectivity index (χ0n) is 11.2. The van der Waals surface area contributed by atoms with Gasteiger partial charge in [-0.2, -0.15) is 0 Å². The number of benzene rings is 1. The molecule has 19 heavy (non-hydrogen) atoms. The van der Waals surface area contributed by atoms with Crippen LogP contribution in [0, 0.1) is 11.7 Å². The smallest absolute Gasteiger partial charge is 0.142 e. The number of hydrogen-bond acceptors (Lipinski definition) is 2. The molecule has 1 aromatic rings. The van der Waals surface area contributed by atoms with Crippen LogP contribution in [-0.2, 0) is 0 Å². The molecule has 2 nitrogen and oxygen atoms in total. The molecule has 2 rings (SSSR count). The van der Waals surface area contributed by atoms with E-state index in [-0.39, 0.29) is 17.1 Å². The van der Waals surface area contributed by atoms with Crippen molar-refractivity contribution in [1.82, 2.24) is 4.90 Å².